The number of carbonyl (C=O) groups is 1. The first-order chi connectivity index (χ1) is 11.8. The van der Waals surface area contributed by atoms with Gasteiger partial charge in [-0.1, -0.05) is 37.3 Å². The number of carbonyl (C=O) groups excluding carboxylic acids is 1. The first kappa shape index (κ1) is 16.5. The average Bonchev–Trinajstić information content (AvgIpc) is 3.30. The van der Waals surface area contributed by atoms with Crippen LogP contribution in [0.1, 0.15) is 36.1 Å². The molecular weight excluding hydrogens is 318 g/mol. The SMILES string of the molecule is CCC(C(=O)N(Cc1ccsc1)Cc1ccco1)c1ccccc1. The fourth-order valence-corrected chi connectivity index (χ4v) is 3.52. The summed E-state index contributed by atoms with van der Waals surface area (Å²) in [6, 6.07) is 15.9. The van der Waals surface area contributed by atoms with Crippen molar-refractivity contribution in [2.45, 2.75) is 32.4 Å². The fraction of sp³-hybridized carbons (Fsp3) is 0.250. The van der Waals surface area contributed by atoms with Crippen LogP contribution in [0.4, 0.5) is 0 Å². The summed E-state index contributed by atoms with van der Waals surface area (Å²) in [6.07, 6.45) is 2.43. The fourth-order valence-electron chi connectivity index (χ4n) is 2.86. The van der Waals surface area contributed by atoms with Crippen LogP contribution >= 0.6 is 11.3 Å². The highest BCUT2D eigenvalue weighted by molar-refractivity contribution is 7.07. The van der Waals surface area contributed by atoms with E-state index < -0.39 is 0 Å². The Morgan fingerprint density at radius 2 is 1.96 bits per heavy atom. The second-order valence-electron chi connectivity index (χ2n) is 5.78. The summed E-state index contributed by atoms with van der Waals surface area (Å²) < 4.78 is 5.46. The van der Waals surface area contributed by atoms with Crippen LogP contribution in [-0.4, -0.2) is 10.8 Å². The summed E-state index contributed by atoms with van der Waals surface area (Å²) in [7, 11) is 0. The largest absolute Gasteiger partial charge is 0.467 e. The molecule has 2 heterocycles. The van der Waals surface area contributed by atoms with E-state index in [-0.39, 0.29) is 11.8 Å². The van der Waals surface area contributed by atoms with Crippen molar-refractivity contribution in [3.05, 3.63) is 82.4 Å². The third-order valence-electron chi connectivity index (χ3n) is 4.10. The van der Waals surface area contributed by atoms with Crippen LogP contribution in [0.3, 0.4) is 0 Å². The monoisotopic (exact) mass is 339 g/mol. The molecule has 1 atom stereocenters. The molecule has 4 heteroatoms. The number of rotatable bonds is 7. The van der Waals surface area contributed by atoms with E-state index in [0.29, 0.717) is 13.1 Å². The predicted octanol–water partition coefficient (Wildman–Crippen LogP) is 5.06. The Bertz CT molecular complexity index is 699. The quantitative estimate of drug-likeness (QED) is 0.602. The van der Waals surface area contributed by atoms with Gasteiger partial charge in [0.2, 0.25) is 5.91 Å². The van der Waals surface area contributed by atoms with Crippen LogP contribution in [0.5, 0.6) is 0 Å². The molecule has 0 aliphatic heterocycles. The zero-order valence-corrected chi connectivity index (χ0v) is 14.5. The highest BCUT2D eigenvalue weighted by atomic mass is 32.1. The third-order valence-corrected chi connectivity index (χ3v) is 4.83. The minimum Gasteiger partial charge on any atom is -0.467 e. The van der Waals surface area contributed by atoms with Crippen LogP contribution in [-0.2, 0) is 17.9 Å². The highest BCUT2D eigenvalue weighted by Gasteiger charge is 2.25. The van der Waals surface area contributed by atoms with E-state index in [1.165, 1.54) is 0 Å². The average molecular weight is 339 g/mol. The standard InChI is InChI=1S/C20H21NO2S/c1-2-19(17-7-4-3-5-8-17)20(22)21(13-16-10-12-24-15-16)14-18-9-6-11-23-18/h3-12,15,19H,2,13-14H2,1H3. The molecule has 3 nitrogen and oxygen atoms in total. The summed E-state index contributed by atoms with van der Waals surface area (Å²) in [5.41, 5.74) is 2.22. The van der Waals surface area contributed by atoms with Gasteiger partial charge in [0.25, 0.3) is 0 Å². The Morgan fingerprint density at radius 3 is 2.58 bits per heavy atom. The number of benzene rings is 1. The van der Waals surface area contributed by atoms with Gasteiger partial charge in [0.1, 0.15) is 5.76 Å². The molecule has 0 saturated carbocycles. The molecular formula is C20H21NO2S. The van der Waals surface area contributed by atoms with Gasteiger partial charge in [0.05, 0.1) is 18.7 Å². The lowest BCUT2D eigenvalue weighted by atomic mass is 9.95. The highest BCUT2D eigenvalue weighted by Crippen LogP contribution is 2.24. The van der Waals surface area contributed by atoms with Crippen molar-refractivity contribution in [2.24, 2.45) is 0 Å². The van der Waals surface area contributed by atoms with Crippen LogP contribution in [0.25, 0.3) is 0 Å². The lowest BCUT2D eigenvalue weighted by molar-refractivity contribution is -0.134. The Balaban J connectivity index is 1.83. The van der Waals surface area contributed by atoms with E-state index in [2.05, 4.69) is 18.4 Å². The van der Waals surface area contributed by atoms with Crippen molar-refractivity contribution in [1.29, 1.82) is 0 Å². The van der Waals surface area contributed by atoms with E-state index in [0.717, 1.165) is 23.3 Å². The predicted molar refractivity (Wildman–Crippen MR) is 96.8 cm³/mol. The van der Waals surface area contributed by atoms with Gasteiger partial charge in [-0.05, 0) is 46.5 Å². The molecule has 3 rings (SSSR count). The molecule has 0 fully saturated rings. The maximum Gasteiger partial charge on any atom is 0.230 e. The number of amides is 1. The molecule has 1 amide bonds. The van der Waals surface area contributed by atoms with E-state index in [1.54, 1.807) is 17.6 Å². The summed E-state index contributed by atoms with van der Waals surface area (Å²) in [4.78, 5) is 15.1. The molecule has 0 bridgehead atoms. The Morgan fingerprint density at radius 1 is 1.12 bits per heavy atom. The summed E-state index contributed by atoms with van der Waals surface area (Å²) in [5.74, 6) is 0.826. The normalized spacial score (nSPS) is 12.0. The van der Waals surface area contributed by atoms with Crippen molar-refractivity contribution in [3.8, 4) is 0 Å². The van der Waals surface area contributed by atoms with Crippen molar-refractivity contribution in [3.63, 3.8) is 0 Å². The molecule has 0 aliphatic carbocycles. The van der Waals surface area contributed by atoms with Crippen molar-refractivity contribution in [1.82, 2.24) is 4.90 Å². The smallest absolute Gasteiger partial charge is 0.230 e. The van der Waals surface area contributed by atoms with Gasteiger partial charge in [-0.15, -0.1) is 0 Å². The van der Waals surface area contributed by atoms with E-state index in [9.17, 15) is 4.79 Å². The number of furan rings is 1. The Labute approximate surface area is 146 Å². The van der Waals surface area contributed by atoms with E-state index >= 15 is 0 Å². The van der Waals surface area contributed by atoms with Gasteiger partial charge in [0, 0.05) is 6.54 Å². The maximum absolute atomic E-state index is 13.2. The molecule has 0 saturated heterocycles. The van der Waals surface area contributed by atoms with Crippen molar-refractivity contribution in [2.75, 3.05) is 0 Å². The van der Waals surface area contributed by atoms with Crippen LogP contribution in [0, 0.1) is 0 Å². The molecule has 2 aromatic heterocycles. The zero-order valence-electron chi connectivity index (χ0n) is 13.7. The topological polar surface area (TPSA) is 33.5 Å². The molecule has 0 spiro atoms. The summed E-state index contributed by atoms with van der Waals surface area (Å²) in [5, 5.41) is 4.13. The third kappa shape index (κ3) is 3.95. The number of nitrogens with zero attached hydrogens (tertiary/aromatic N) is 1. The Kier molecular flexibility index (Phi) is 5.49. The van der Waals surface area contributed by atoms with Gasteiger partial charge < -0.3 is 9.32 Å². The van der Waals surface area contributed by atoms with Crippen LogP contribution < -0.4 is 0 Å². The first-order valence-electron chi connectivity index (χ1n) is 8.15. The van der Waals surface area contributed by atoms with Crippen LogP contribution in [0.2, 0.25) is 0 Å². The number of hydrogen-bond donors (Lipinski definition) is 0. The van der Waals surface area contributed by atoms with Crippen molar-refractivity contribution >= 4 is 17.2 Å². The minimum atomic E-state index is -0.125. The van der Waals surface area contributed by atoms with E-state index in [1.807, 2.05) is 52.7 Å². The molecule has 0 N–H and O–H groups in total. The molecule has 1 unspecified atom stereocenters. The molecule has 0 radical (unpaired) electrons. The molecule has 3 aromatic rings. The molecule has 24 heavy (non-hydrogen) atoms. The van der Waals surface area contributed by atoms with Gasteiger partial charge in [-0.3, -0.25) is 4.79 Å². The number of thiophene rings is 1. The Hall–Kier alpha value is -2.33. The second kappa shape index (κ2) is 7.97. The van der Waals surface area contributed by atoms with Gasteiger partial charge in [-0.2, -0.15) is 11.3 Å². The molecule has 124 valence electrons. The van der Waals surface area contributed by atoms with E-state index in [4.69, 9.17) is 4.42 Å². The van der Waals surface area contributed by atoms with Crippen LogP contribution in [0.15, 0.2) is 70.0 Å². The second-order valence-corrected chi connectivity index (χ2v) is 6.56. The lowest BCUT2D eigenvalue weighted by Gasteiger charge is -2.26. The lowest BCUT2D eigenvalue weighted by Crippen LogP contribution is -2.34. The zero-order chi connectivity index (χ0) is 16.8. The van der Waals surface area contributed by atoms with Gasteiger partial charge in [-0.25, -0.2) is 0 Å². The number of hydrogen-bond acceptors (Lipinski definition) is 3. The summed E-state index contributed by atoms with van der Waals surface area (Å²) in [6.45, 7) is 3.16. The molecule has 0 aliphatic rings. The van der Waals surface area contributed by atoms with Gasteiger partial charge >= 0.3 is 0 Å². The maximum atomic E-state index is 13.2. The minimum absolute atomic E-state index is 0.125. The summed E-state index contributed by atoms with van der Waals surface area (Å²) >= 11 is 1.65. The molecule has 1 aromatic carbocycles. The van der Waals surface area contributed by atoms with Crippen molar-refractivity contribution < 1.29 is 9.21 Å². The van der Waals surface area contributed by atoms with Gasteiger partial charge in [0.15, 0.2) is 0 Å². The first-order valence-corrected chi connectivity index (χ1v) is 9.09.